The topological polar surface area (TPSA) is 81.3 Å². The lowest BCUT2D eigenvalue weighted by molar-refractivity contribution is -0.137. The molecule has 6 nitrogen and oxygen atoms in total. The van der Waals surface area contributed by atoms with Crippen molar-refractivity contribution >= 4 is 5.97 Å². The Hall–Kier alpha value is -1.85. The summed E-state index contributed by atoms with van der Waals surface area (Å²) in [6, 6.07) is 1.28. The second kappa shape index (κ2) is 5.29. The molecule has 0 fully saturated rings. The minimum absolute atomic E-state index is 0.0858. The molecule has 88 valence electrons. The zero-order valence-electron chi connectivity index (χ0n) is 9.05. The van der Waals surface area contributed by atoms with Crippen LogP contribution >= 0.6 is 0 Å². The molecular weight excluding hydrogens is 212 g/mol. The standard InChI is InChI=1S/C10H14N2O4/c1-2-5-11-6-3-8(13)12(10(11)16)7-4-9(14)15/h3,6H,2,4-5,7H2,1H3,(H,14,15). The van der Waals surface area contributed by atoms with Gasteiger partial charge in [0, 0.05) is 25.4 Å². The molecule has 1 aromatic heterocycles. The van der Waals surface area contributed by atoms with Crippen molar-refractivity contribution in [3.63, 3.8) is 0 Å². The van der Waals surface area contributed by atoms with Gasteiger partial charge in [0.1, 0.15) is 0 Å². The lowest BCUT2D eigenvalue weighted by Crippen LogP contribution is -2.39. The number of carboxylic acids is 1. The van der Waals surface area contributed by atoms with Gasteiger partial charge in [0.2, 0.25) is 0 Å². The van der Waals surface area contributed by atoms with Crippen molar-refractivity contribution in [3.05, 3.63) is 33.1 Å². The Bertz CT molecular complexity index is 486. The molecule has 6 heteroatoms. The number of carbonyl (C=O) groups is 1. The Kier molecular flexibility index (Phi) is 4.04. The summed E-state index contributed by atoms with van der Waals surface area (Å²) in [6.07, 6.45) is 1.98. The lowest BCUT2D eigenvalue weighted by atomic mass is 10.4. The predicted octanol–water partition coefficient (Wildman–Crippen LogP) is -0.105. The summed E-state index contributed by atoms with van der Waals surface area (Å²) in [4.78, 5) is 33.5. The number of aromatic nitrogens is 2. The molecule has 0 saturated carbocycles. The molecule has 1 N–H and O–H groups in total. The molecule has 0 spiro atoms. The van der Waals surface area contributed by atoms with Crippen LogP contribution in [0.1, 0.15) is 19.8 Å². The van der Waals surface area contributed by atoms with Crippen LogP contribution in [-0.4, -0.2) is 20.2 Å². The molecular formula is C10H14N2O4. The maximum absolute atomic E-state index is 11.7. The maximum atomic E-state index is 11.7. The monoisotopic (exact) mass is 226 g/mol. The van der Waals surface area contributed by atoms with E-state index in [4.69, 9.17) is 5.11 Å². The van der Waals surface area contributed by atoms with Gasteiger partial charge in [0.25, 0.3) is 5.56 Å². The first-order valence-corrected chi connectivity index (χ1v) is 5.08. The van der Waals surface area contributed by atoms with Crippen LogP contribution in [0.2, 0.25) is 0 Å². The molecule has 1 rings (SSSR count). The molecule has 16 heavy (non-hydrogen) atoms. The average molecular weight is 226 g/mol. The highest BCUT2D eigenvalue weighted by molar-refractivity contribution is 5.66. The lowest BCUT2D eigenvalue weighted by Gasteiger charge is -2.07. The number of hydrogen-bond acceptors (Lipinski definition) is 3. The van der Waals surface area contributed by atoms with Gasteiger partial charge in [-0.3, -0.25) is 14.2 Å². The van der Waals surface area contributed by atoms with Crippen LogP contribution in [-0.2, 0) is 17.9 Å². The average Bonchev–Trinajstić information content (AvgIpc) is 2.22. The molecule has 0 saturated heterocycles. The maximum Gasteiger partial charge on any atom is 0.330 e. The van der Waals surface area contributed by atoms with Gasteiger partial charge in [-0.2, -0.15) is 0 Å². The summed E-state index contributed by atoms with van der Waals surface area (Å²) in [6.45, 7) is 2.35. The molecule has 0 aliphatic rings. The summed E-state index contributed by atoms with van der Waals surface area (Å²) >= 11 is 0. The second-order valence-electron chi connectivity index (χ2n) is 3.43. The highest BCUT2D eigenvalue weighted by Crippen LogP contribution is 1.86. The molecule has 0 bridgehead atoms. The van der Waals surface area contributed by atoms with E-state index in [1.807, 2.05) is 6.92 Å². The molecule has 0 atom stereocenters. The van der Waals surface area contributed by atoms with E-state index in [9.17, 15) is 14.4 Å². The number of aliphatic carboxylic acids is 1. The third kappa shape index (κ3) is 2.82. The van der Waals surface area contributed by atoms with E-state index in [-0.39, 0.29) is 13.0 Å². The summed E-state index contributed by atoms with van der Waals surface area (Å²) < 4.78 is 2.35. The Morgan fingerprint density at radius 1 is 1.38 bits per heavy atom. The van der Waals surface area contributed by atoms with Gasteiger partial charge >= 0.3 is 11.7 Å². The highest BCUT2D eigenvalue weighted by Gasteiger charge is 2.06. The summed E-state index contributed by atoms with van der Waals surface area (Å²) in [7, 11) is 0. The number of aryl methyl sites for hydroxylation is 1. The smallest absolute Gasteiger partial charge is 0.330 e. The first-order chi connectivity index (χ1) is 7.56. The van der Waals surface area contributed by atoms with Gasteiger partial charge in [-0.05, 0) is 6.42 Å². The van der Waals surface area contributed by atoms with Crippen LogP contribution in [0.4, 0.5) is 0 Å². The zero-order valence-corrected chi connectivity index (χ0v) is 9.05. The van der Waals surface area contributed by atoms with E-state index in [1.54, 1.807) is 0 Å². The second-order valence-corrected chi connectivity index (χ2v) is 3.43. The van der Waals surface area contributed by atoms with E-state index >= 15 is 0 Å². The van der Waals surface area contributed by atoms with Crippen LogP contribution in [0, 0.1) is 0 Å². The van der Waals surface area contributed by atoms with Crippen LogP contribution in [0.15, 0.2) is 21.9 Å². The molecule has 0 aromatic carbocycles. The Balaban J connectivity index is 3.06. The number of carboxylic acid groups (broad SMARTS) is 1. The van der Waals surface area contributed by atoms with Gasteiger partial charge in [-0.15, -0.1) is 0 Å². The SMILES string of the molecule is CCCn1ccc(=O)n(CCC(=O)O)c1=O. The van der Waals surface area contributed by atoms with E-state index in [0.29, 0.717) is 6.54 Å². The highest BCUT2D eigenvalue weighted by atomic mass is 16.4. The van der Waals surface area contributed by atoms with Gasteiger partial charge in [0.05, 0.1) is 6.42 Å². The first kappa shape index (κ1) is 12.2. The number of hydrogen-bond donors (Lipinski definition) is 1. The van der Waals surface area contributed by atoms with Crippen LogP contribution in [0.5, 0.6) is 0 Å². The molecule has 0 aliphatic carbocycles. The van der Waals surface area contributed by atoms with Crippen LogP contribution in [0.25, 0.3) is 0 Å². The third-order valence-electron chi connectivity index (χ3n) is 2.15. The van der Waals surface area contributed by atoms with Gasteiger partial charge in [-0.1, -0.05) is 6.92 Å². The van der Waals surface area contributed by atoms with Crippen LogP contribution in [0.3, 0.4) is 0 Å². The van der Waals surface area contributed by atoms with Crippen molar-refractivity contribution < 1.29 is 9.90 Å². The van der Waals surface area contributed by atoms with Gasteiger partial charge in [-0.25, -0.2) is 4.79 Å². The normalized spacial score (nSPS) is 10.3. The molecule has 1 heterocycles. The Labute approximate surface area is 91.8 Å². The molecule has 0 aliphatic heterocycles. The third-order valence-corrected chi connectivity index (χ3v) is 2.15. The van der Waals surface area contributed by atoms with E-state index in [2.05, 4.69) is 0 Å². The fourth-order valence-corrected chi connectivity index (χ4v) is 1.38. The van der Waals surface area contributed by atoms with E-state index in [0.717, 1.165) is 11.0 Å². The van der Waals surface area contributed by atoms with E-state index < -0.39 is 17.2 Å². The van der Waals surface area contributed by atoms with Gasteiger partial charge < -0.3 is 9.67 Å². The fraction of sp³-hybridized carbons (Fsp3) is 0.500. The largest absolute Gasteiger partial charge is 0.481 e. The van der Waals surface area contributed by atoms with E-state index in [1.165, 1.54) is 16.8 Å². The van der Waals surface area contributed by atoms with Crippen molar-refractivity contribution in [2.45, 2.75) is 32.9 Å². The number of nitrogens with zero attached hydrogens (tertiary/aromatic N) is 2. The molecule has 0 radical (unpaired) electrons. The van der Waals surface area contributed by atoms with Crippen molar-refractivity contribution in [2.75, 3.05) is 0 Å². The van der Waals surface area contributed by atoms with Crippen molar-refractivity contribution in [1.29, 1.82) is 0 Å². The molecule has 0 amide bonds. The predicted molar refractivity (Wildman–Crippen MR) is 57.5 cm³/mol. The molecule has 1 aromatic rings. The first-order valence-electron chi connectivity index (χ1n) is 5.08. The summed E-state index contributed by atoms with van der Waals surface area (Å²) in [5, 5.41) is 8.51. The fourth-order valence-electron chi connectivity index (χ4n) is 1.38. The Morgan fingerprint density at radius 3 is 2.62 bits per heavy atom. The zero-order chi connectivity index (χ0) is 12.1. The van der Waals surface area contributed by atoms with Crippen molar-refractivity contribution in [1.82, 2.24) is 9.13 Å². The quantitative estimate of drug-likeness (QED) is 0.759. The Morgan fingerprint density at radius 2 is 2.06 bits per heavy atom. The van der Waals surface area contributed by atoms with Crippen LogP contribution < -0.4 is 11.2 Å². The van der Waals surface area contributed by atoms with Gasteiger partial charge in [0.15, 0.2) is 0 Å². The molecule has 0 unspecified atom stereocenters. The summed E-state index contributed by atoms with van der Waals surface area (Å²) in [5.41, 5.74) is -0.908. The number of rotatable bonds is 5. The van der Waals surface area contributed by atoms with Crippen molar-refractivity contribution in [3.8, 4) is 0 Å². The van der Waals surface area contributed by atoms with Crippen molar-refractivity contribution in [2.24, 2.45) is 0 Å². The minimum Gasteiger partial charge on any atom is -0.481 e. The summed E-state index contributed by atoms with van der Waals surface area (Å²) in [5.74, 6) is -1.03. The minimum atomic E-state index is -1.03.